The van der Waals surface area contributed by atoms with Gasteiger partial charge in [0, 0.05) is 12.2 Å². The summed E-state index contributed by atoms with van der Waals surface area (Å²) >= 11 is 0. The number of hydrogen-bond donors (Lipinski definition) is 0. The lowest BCUT2D eigenvalue weighted by atomic mass is 10.1. The molecule has 0 aliphatic carbocycles. The molecule has 76 valence electrons. The van der Waals surface area contributed by atoms with Crippen LogP contribution in [-0.2, 0) is 9.59 Å². The number of anilines is 1. The van der Waals surface area contributed by atoms with Gasteiger partial charge in [-0.15, -0.1) is 0 Å². The van der Waals surface area contributed by atoms with E-state index >= 15 is 0 Å². The van der Waals surface area contributed by atoms with Gasteiger partial charge in [-0.25, -0.2) is 4.90 Å². The molecular formula is C12H11NO2. The van der Waals surface area contributed by atoms with Crippen molar-refractivity contribution in [3.63, 3.8) is 0 Å². The molecule has 0 unspecified atom stereocenters. The molecule has 1 aromatic carbocycles. The molecule has 3 nitrogen and oxygen atoms in total. The van der Waals surface area contributed by atoms with Crippen LogP contribution in [0.5, 0.6) is 0 Å². The number of benzene rings is 1. The van der Waals surface area contributed by atoms with Crippen molar-refractivity contribution in [1.82, 2.24) is 0 Å². The first-order chi connectivity index (χ1) is 7.09. The summed E-state index contributed by atoms with van der Waals surface area (Å²) in [5.74, 6) is -0.539. The lowest BCUT2D eigenvalue weighted by molar-refractivity contribution is -0.119. The predicted octanol–water partition coefficient (Wildman–Crippen LogP) is 1.73. The largest absolute Gasteiger partial charge is 0.269 e. The predicted molar refractivity (Wildman–Crippen MR) is 57.5 cm³/mol. The fourth-order valence-corrected chi connectivity index (χ4v) is 1.60. The van der Waals surface area contributed by atoms with Crippen molar-refractivity contribution in [2.24, 2.45) is 0 Å². The maximum atomic E-state index is 11.5. The van der Waals surface area contributed by atoms with E-state index in [9.17, 15) is 9.59 Å². The molecule has 1 heterocycles. The quantitative estimate of drug-likeness (QED) is 0.649. The van der Waals surface area contributed by atoms with E-state index in [0.717, 1.165) is 11.1 Å². The topological polar surface area (TPSA) is 37.4 Å². The van der Waals surface area contributed by atoms with Crippen molar-refractivity contribution in [2.75, 3.05) is 4.90 Å². The van der Waals surface area contributed by atoms with Crippen LogP contribution >= 0.6 is 0 Å². The minimum Gasteiger partial charge on any atom is -0.269 e. The maximum absolute atomic E-state index is 11.5. The number of carbonyl (C=O) groups is 2. The van der Waals surface area contributed by atoms with Gasteiger partial charge < -0.3 is 0 Å². The Balaban J connectivity index is 2.50. The summed E-state index contributed by atoms with van der Waals surface area (Å²) in [5.41, 5.74) is 2.63. The van der Waals surface area contributed by atoms with Gasteiger partial charge in [-0.3, -0.25) is 9.59 Å². The maximum Gasteiger partial charge on any atom is 0.258 e. The lowest BCUT2D eigenvalue weighted by Gasteiger charge is -2.16. The summed E-state index contributed by atoms with van der Waals surface area (Å²) in [5, 5.41) is 0. The third-order valence-electron chi connectivity index (χ3n) is 2.41. The highest BCUT2D eigenvalue weighted by Gasteiger charge is 2.26. The molecule has 1 aromatic rings. The zero-order valence-corrected chi connectivity index (χ0v) is 8.65. The second-order valence-corrected chi connectivity index (χ2v) is 3.64. The molecule has 0 spiro atoms. The smallest absolute Gasteiger partial charge is 0.258 e. The zero-order valence-electron chi connectivity index (χ0n) is 8.65. The van der Waals surface area contributed by atoms with E-state index in [1.54, 1.807) is 0 Å². The van der Waals surface area contributed by atoms with Crippen molar-refractivity contribution in [1.29, 1.82) is 0 Å². The summed E-state index contributed by atoms with van der Waals surface area (Å²) in [7, 11) is 0. The van der Waals surface area contributed by atoms with Gasteiger partial charge in [0.05, 0.1) is 5.69 Å². The van der Waals surface area contributed by atoms with Crippen LogP contribution in [-0.4, -0.2) is 11.8 Å². The normalized spacial score (nSPS) is 15.2. The Morgan fingerprint density at radius 2 is 1.60 bits per heavy atom. The van der Waals surface area contributed by atoms with Crippen molar-refractivity contribution in [3.05, 3.63) is 41.5 Å². The fourth-order valence-electron chi connectivity index (χ4n) is 1.60. The monoisotopic (exact) mass is 201 g/mol. The molecule has 0 atom stereocenters. The van der Waals surface area contributed by atoms with Gasteiger partial charge >= 0.3 is 0 Å². The van der Waals surface area contributed by atoms with Crippen LogP contribution in [0.1, 0.15) is 11.1 Å². The number of aryl methyl sites for hydroxylation is 2. The Morgan fingerprint density at radius 1 is 1.00 bits per heavy atom. The number of imide groups is 1. The third-order valence-corrected chi connectivity index (χ3v) is 2.41. The minimum absolute atomic E-state index is 0.270. The average Bonchev–Trinajstić information content (AvgIpc) is 2.51. The summed E-state index contributed by atoms with van der Waals surface area (Å²) in [6, 6.07) is 5.71. The second kappa shape index (κ2) is 3.35. The van der Waals surface area contributed by atoms with Crippen LogP contribution in [0.2, 0.25) is 0 Å². The van der Waals surface area contributed by atoms with Gasteiger partial charge in [0.2, 0.25) is 0 Å². The number of hydrogen-bond acceptors (Lipinski definition) is 2. The molecule has 0 aromatic heterocycles. The number of amides is 2. The summed E-state index contributed by atoms with van der Waals surface area (Å²) in [6.07, 6.45) is 2.59. The Morgan fingerprint density at radius 3 is 2.20 bits per heavy atom. The van der Waals surface area contributed by atoms with Crippen LogP contribution in [0.15, 0.2) is 30.4 Å². The Bertz CT molecular complexity index is 457. The Kier molecular flexibility index (Phi) is 2.15. The molecular weight excluding hydrogens is 190 g/mol. The van der Waals surface area contributed by atoms with Crippen LogP contribution < -0.4 is 4.90 Å². The number of rotatable bonds is 1. The van der Waals surface area contributed by atoms with Crippen molar-refractivity contribution < 1.29 is 9.59 Å². The van der Waals surface area contributed by atoms with Gasteiger partial charge in [0.15, 0.2) is 0 Å². The highest BCUT2D eigenvalue weighted by atomic mass is 16.2. The third kappa shape index (κ3) is 1.56. The van der Waals surface area contributed by atoms with Crippen LogP contribution in [0.3, 0.4) is 0 Å². The summed E-state index contributed by atoms with van der Waals surface area (Å²) in [4.78, 5) is 24.1. The van der Waals surface area contributed by atoms with Gasteiger partial charge in [-0.2, -0.15) is 0 Å². The van der Waals surface area contributed by atoms with E-state index in [2.05, 4.69) is 0 Å². The number of carbonyl (C=O) groups excluding carboxylic acids is 2. The number of nitrogens with zero attached hydrogens (tertiary/aromatic N) is 1. The SMILES string of the molecule is Cc1ccc(C)c(N2C(=O)C=CC2=O)c1. The molecule has 3 heteroatoms. The average molecular weight is 201 g/mol. The van der Waals surface area contributed by atoms with Gasteiger partial charge in [-0.05, 0) is 31.0 Å². The first kappa shape index (κ1) is 9.65. The Hall–Kier alpha value is -1.90. The molecule has 1 aliphatic rings. The van der Waals surface area contributed by atoms with E-state index in [4.69, 9.17) is 0 Å². The van der Waals surface area contributed by atoms with Gasteiger partial charge in [-0.1, -0.05) is 12.1 Å². The Labute approximate surface area is 88.0 Å². The van der Waals surface area contributed by atoms with E-state index in [1.807, 2.05) is 32.0 Å². The van der Waals surface area contributed by atoms with Gasteiger partial charge in [0.25, 0.3) is 11.8 Å². The van der Waals surface area contributed by atoms with E-state index in [0.29, 0.717) is 5.69 Å². The molecule has 0 radical (unpaired) electrons. The molecule has 15 heavy (non-hydrogen) atoms. The van der Waals surface area contributed by atoms with Crippen molar-refractivity contribution in [3.8, 4) is 0 Å². The van der Waals surface area contributed by atoms with E-state index in [-0.39, 0.29) is 11.8 Å². The van der Waals surface area contributed by atoms with Crippen molar-refractivity contribution in [2.45, 2.75) is 13.8 Å². The highest BCUT2D eigenvalue weighted by molar-refractivity contribution is 6.28. The molecule has 2 rings (SSSR count). The van der Waals surface area contributed by atoms with Crippen LogP contribution in [0.4, 0.5) is 5.69 Å². The summed E-state index contributed by atoms with van der Waals surface area (Å²) < 4.78 is 0. The molecule has 0 fully saturated rings. The van der Waals surface area contributed by atoms with E-state index < -0.39 is 0 Å². The van der Waals surface area contributed by atoms with E-state index in [1.165, 1.54) is 17.1 Å². The second-order valence-electron chi connectivity index (χ2n) is 3.64. The van der Waals surface area contributed by atoms with Crippen molar-refractivity contribution >= 4 is 17.5 Å². The lowest BCUT2D eigenvalue weighted by Crippen LogP contribution is -2.30. The first-order valence-corrected chi connectivity index (χ1v) is 4.73. The van der Waals surface area contributed by atoms with Crippen LogP contribution in [0.25, 0.3) is 0 Å². The molecule has 1 aliphatic heterocycles. The highest BCUT2D eigenvalue weighted by Crippen LogP contribution is 2.24. The summed E-state index contributed by atoms with van der Waals surface area (Å²) in [6.45, 7) is 3.81. The molecule has 0 bridgehead atoms. The van der Waals surface area contributed by atoms with Gasteiger partial charge in [0.1, 0.15) is 0 Å². The molecule has 0 saturated carbocycles. The minimum atomic E-state index is -0.270. The standard InChI is InChI=1S/C12H11NO2/c1-8-3-4-9(2)10(7-8)13-11(14)5-6-12(13)15/h3-7H,1-2H3. The molecule has 0 N–H and O–H groups in total. The molecule has 0 saturated heterocycles. The zero-order chi connectivity index (χ0) is 11.0. The molecule has 2 amide bonds. The fraction of sp³-hybridized carbons (Fsp3) is 0.167. The first-order valence-electron chi connectivity index (χ1n) is 4.73. The van der Waals surface area contributed by atoms with Crippen LogP contribution in [0, 0.1) is 13.8 Å².